The third kappa shape index (κ3) is 4.65. The van der Waals surface area contributed by atoms with Crippen molar-refractivity contribution in [1.29, 1.82) is 0 Å². The Morgan fingerprint density at radius 1 is 0.654 bits per heavy atom. The van der Waals surface area contributed by atoms with Crippen LogP contribution in [0, 0.1) is 23.5 Å². The third-order valence-electron chi connectivity index (χ3n) is 4.46. The van der Waals surface area contributed by atoms with Crippen LogP contribution in [0.4, 0.5) is 8.78 Å². The van der Waals surface area contributed by atoms with Gasteiger partial charge in [-0.1, -0.05) is 0 Å². The second-order valence-corrected chi connectivity index (χ2v) is 6.30. The van der Waals surface area contributed by atoms with Gasteiger partial charge in [-0.05, 0) is 74.2 Å². The van der Waals surface area contributed by atoms with Gasteiger partial charge in [0, 0.05) is 0 Å². The average Bonchev–Trinajstić information content (AvgIpc) is 2.65. The molecule has 1 aliphatic carbocycles. The molecule has 0 aliphatic heterocycles. The number of benzene rings is 2. The van der Waals surface area contributed by atoms with E-state index in [1.807, 2.05) is 0 Å². The number of carbonyl (C=O) groups excluding carboxylic acids is 2. The van der Waals surface area contributed by atoms with Crippen LogP contribution in [0.25, 0.3) is 0 Å². The van der Waals surface area contributed by atoms with Crippen LogP contribution in [0.2, 0.25) is 0 Å². The van der Waals surface area contributed by atoms with Gasteiger partial charge in [0.2, 0.25) is 0 Å². The highest BCUT2D eigenvalue weighted by Gasteiger charge is 2.32. The summed E-state index contributed by atoms with van der Waals surface area (Å²) < 4.78 is 36.2. The summed E-state index contributed by atoms with van der Waals surface area (Å²) in [5, 5.41) is 0. The molecule has 0 heterocycles. The summed E-state index contributed by atoms with van der Waals surface area (Å²) in [7, 11) is 0. The lowest BCUT2D eigenvalue weighted by Gasteiger charge is -2.25. The molecule has 1 aliphatic rings. The minimum Gasteiger partial charge on any atom is -0.426 e. The molecule has 4 nitrogen and oxygen atoms in total. The Morgan fingerprint density at radius 2 is 0.962 bits per heavy atom. The van der Waals surface area contributed by atoms with E-state index in [-0.39, 0.29) is 23.8 Å². The number of halogens is 2. The highest BCUT2D eigenvalue weighted by Crippen LogP contribution is 2.31. The minimum atomic E-state index is -0.398. The molecule has 0 radical (unpaired) electrons. The van der Waals surface area contributed by atoms with Crippen molar-refractivity contribution in [3.05, 3.63) is 60.2 Å². The van der Waals surface area contributed by atoms with Crippen LogP contribution in [-0.4, -0.2) is 11.9 Å². The molecule has 0 bridgehead atoms. The number of ether oxygens (including phenoxy) is 2. The molecule has 136 valence electrons. The van der Waals surface area contributed by atoms with Crippen molar-refractivity contribution >= 4 is 11.9 Å². The molecule has 6 heteroatoms. The molecule has 1 fully saturated rings. The Bertz CT molecular complexity index is 696. The van der Waals surface area contributed by atoms with E-state index >= 15 is 0 Å². The molecule has 1 saturated carbocycles. The fourth-order valence-corrected chi connectivity index (χ4v) is 2.97. The first-order chi connectivity index (χ1) is 12.5. The van der Waals surface area contributed by atoms with Gasteiger partial charge >= 0.3 is 11.9 Å². The largest absolute Gasteiger partial charge is 0.426 e. The SMILES string of the molecule is O=C(Oc1ccc(F)cc1)C1CCC(C(=O)Oc2ccc(F)cc2)CC1. The fourth-order valence-electron chi connectivity index (χ4n) is 2.97. The van der Waals surface area contributed by atoms with Crippen LogP contribution in [0.5, 0.6) is 11.5 Å². The van der Waals surface area contributed by atoms with Crippen molar-refractivity contribution in [1.82, 2.24) is 0 Å². The molecular formula is C20H18F2O4. The van der Waals surface area contributed by atoms with Crippen molar-refractivity contribution in [3.63, 3.8) is 0 Å². The molecule has 2 aromatic carbocycles. The Labute approximate surface area is 149 Å². The maximum absolute atomic E-state index is 12.9. The Balaban J connectivity index is 1.48. The zero-order valence-electron chi connectivity index (χ0n) is 14.0. The molecule has 26 heavy (non-hydrogen) atoms. The molecule has 0 atom stereocenters. The van der Waals surface area contributed by atoms with Crippen LogP contribution >= 0.6 is 0 Å². The summed E-state index contributed by atoms with van der Waals surface area (Å²) in [4.78, 5) is 24.4. The lowest BCUT2D eigenvalue weighted by molar-refractivity contribution is -0.145. The van der Waals surface area contributed by atoms with E-state index in [1.165, 1.54) is 48.5 Å². The number of esters is 2. The Hall–Kier alpha value is -2.76. The van der Waals surface area contributed by atoms with Gasteiger partial charge in [-0.25, -0.2) is 8.78 Å². The van der Waals surface area contributed by atoms with Crippen molar-refractivity contribution in [2.45, 2.75) is 25.7 Å². The number of hydrogen-bond acceptors (Lipinski definition) is 4. The maximum Gasteiger partial charge on any atom is 0.314 e. The lowest BCUT2D eigenvalue weighted by Crippen LogP contribution is -2.30. The molecule has 0 unspecified atom stereocenters. The van der Waals surface area contributed by atoms with Crippen LogP contribution in [-0.2, 0) is 9.59 Å². The molecule has 0 spiro atoms. The first kappa shape index (κ1) is 18.0. The third-order valence-corrected chi connectivity index (χ3v) is 4.46. The number of rotatable bonds is 4. The molecule has 0 aromatic heterocycles. The first-order valence-electron chi connectivity index (χ1n) is 8.46. The molecule has 0 saturated heterocycles. The van der Waals surface area contributed by atoms with Crippen molar-refractivity contribution in [2.75, 3.05) is 0 Å². The summed E-state index contributed by atoms with van der Waals surface area (Å²) in [5.41, 5.74) is 0. The van der Waals surface area contributed by atoms with Crippen LogP contribution in [0.15, 0.2) is 48.5 Å². The second-order valence-electron chi connectivity index (χ2n) is 6.30. The summed E-state index contributed by atoms with van der Waals surface area (Å²) in [6.07, 6.45) is 2.07. The minimum absolute atomic E-state index is 0.296. The van der Waals surface area contributed by atoms with E-state index in [2.05, 4.69) is 0 Å². The van der Waals surface area contributed by atoms with Crippen molar-refractivity contribution in [2.24, 2.45) is 11.8 Å². The fraction of sp³-hybridized carbons (Fsp3) is 0.300. The van der Waals surface area contributed by atoms with Gasteiger partial charge in [-0.2, -0.15) is 0 Å². The standard InChI is InChI=1S/C20H18F2O4/c21-15-5-9-17(10-6-15)25-19(23)13-1-2-14(4-3-13)20(24)26-18-11-7-16(22)8-12-18/h5-14H,1-4H2. The van der Waals surface area contributed by atoms with Gasteiger partial charge in [0.15, 0.2) is 0 Å². The summed E-state index contributed by atoms with van der Waals surface area (Å²) in [6, 6.07) is 10.5. The van der Waals surface area contributed by atoms with Gasteiger partial charge in [0.1, 0.15) is 23.1 Å². The van der Waals surface area contributed by atoms with E-state index in [1.54, 1.807) is 0 Å². The van der Waals surface area contributed by atoms with Gasteiger partial charge < -0.3 is 9.47 Å². The van der Waals surface area contributed by atoms with Gasteiger partial charge in [-0.15, -0.1) is 0 Å². The quantitative estimate of drug-likeness (QED) is 0.603. The van der Waals surface area contributed by atoms with E-state index in [0.717, 1.165) is 0 Å². The van der Waals surface area contributed by atoms with Gasteiger partial charge in [-0.3, -0.25) is 9.59 Å². The van der Waals surface area contributed by atoms with E-state index in [4.69, 9.17) is 9.47 Å². The van der Waals surface area contributed by atoms with Gasteiger partial charge in [0.25, 0.3) is 0 Å². The second kappa shape index (κ2) is 8.08. The maximum atomic E-state index is 12.9. The van der Waals surface area contributed by atoms with E-state index < -0.39 is 11.6 Å². The normalized spacial score (nSPS) is 19.6. The van der Waals surface area contributed by atoms with Crippen molar-refractivity contribution in [3.8, 4) is 11.5 Å². The summed E-state index contributed by atoms with van der Waals surface area (Å²) in [5.74, 6) is -1.53. The lowest BCUT2D eigenvalue weighted by atomic mass is 9.82. The summed E-state index contributed by atoms with van der Waals surface area (Å²) >= 11 is 0. The summed E-state index contributed by atoms with van der Waals surface area (Å²) in [6.45, 7) is 0. The highest BCUT2D eigenvalue weighted by molar-refractivity contribution is 5.77. The topological polar surface area (TPSA) is 52.6 Å². The van der Waals surface area contributed by atoms with Gasteiger partial charge in [0.05, 0.1) is 11.8 Å². The zero-order valence-corrected chi connectivity index (χ0v) is 14.0. The van der Waals surface area contributed by atoms with Crippen LogP contribution in [0.3, 0.4) is 0 Å². The molecular weight excluding hydrogens is 342 g/mol. The Kier molecular flexibility index (Phi) is 5.61. The van der Waals surface area contributed by atoms with Crippen molar-refractivity contribution < 1.29 is 27.8 Å². The smallest absolute Gasteiger partial charge is 0.314 e. The predicted molar refractivity (Wildman–Crippen MR) is 89.5 cm³/mol. The van der Waals surface area contributed by atoms with Crippen LogP contribution in [0.1, 0.15) is 25.7 Å². The average molecular weight is 360 g/mol. The Morgan fingerprint density at radius 3 is 1.27 bits per heavy atom. The van der Waals surface area contributed by atoms with E-state index in [0.29, 0.717) is 37.2 Å². The monoisotopic (exact) mass is 360 g/mol. The van der Waals surface area contributed by atoms with E-state index in [9.17, 15) is 18.4 Å². The molecule has 0 amide bonds. The zero-order chi connectivity index (χ0) is 18.5. The molecule has 2 aromatic rings. The number of hydrogen-bond donors (Lipinski definition) is 0. The predicted octanol–water partition coefficient (Wildman–Crippen LogP) is 4.28. The molecule has 3 rings (SSSR count). The molecule has 0 N–H and O–H groups in total. The number of carbonyl (C=O) groups is 2. The highest BCUT2D eigenvalue weighted by atomic mass is 19.1. The first-order valence-corrected chi connectivity index (χ1v) is 8.46. The van der Waals surface area contributed by atoms with Crippen LogP contribution < -0.4 is 9.47 Å².